The van der Waals surface area contributed by atoms with Crippen molar-refractivity contribution in [2.24, 2.45) is 5.92 Å². The minimum Gasteiger partial charge on any atom is -0.468 e. The van der Waals surface area contributed by atoms with E-state index in [0.29, 0.717) is 6.42 Å². The van der Waals surface area contributed by atoms with Gasteiger partial charge in [-0.05, 0) is 23.6 Å². The first-order valence-corrected chi connectivity index (χ1v) is 8.57. The van der Waals surface area contributed by atoms with E-state index in [1.165, 1.54) is 7.11 Å². The maximum absolute atomic E-state index is 12.6. The summed E-state index contributed by atoms with van der Waals surface area (Å²) in [7, 11) is 1.40. The Morgan fingerprint density at radius 1 is 1.12 bits per heavy atom. The van der Waals surface area contributed by atoms with E-state index in [2.05, 4.69) is 5.32 Å². The van der Waals surface area contributed by atoms with Crippen molar-refractivity contribution >= 4 is 11.8 Å². The molecule has 1 saturated carbocycles. The molecule has 0 bridgehead atoms. The summed E-state index contributed by atoms with van der Waals surface area (Å²) in [5, 5.41) is 3.42. The van der Waals surface area contributed by atoms with E-state index < -0.39 is 11.5 Å². The van der Waals surface area contributed by atoms with Gasteiger partial charge in [-0.2, -0.15) is 0 Å². The second-order valence-corrected chi connectivity index (χ2v) is 6.99. The molecule has 2 aromatic carbocycles. The number of ketones is 1. The topological polar surface area (TPSA) is 55.4 Å². The van der Waals surface area contributed by atoms with Crippen molar-refractivity contribution in [1.82, 2.24) is 5.32 Å². The number of hydrogen-bond acceptors (Lipinski definition) is 4. The molecule has 1 aliphatic carbocycles. The van der Waals surface area contributed by atoms with Crippen LogP contribution in [-0.2, 0) is 19.7 Å². The summed E-state index contributed by atoms with van der Waals surface area (Å²) in [5.74, 6) is -0.352. The molecule has 0 amide bonds. The average molecular weight is 335 g/mol. The van der Waals surface area contributed by atoms with Gasteiger partial charge in [-0.15, -0.1) is 0 Å². The summed E-state index contributed by atoms with van der Waals surface area (Å²) < 4.78 is 5.08. The van der Waals surface area contributed by atoms with Gasteiger partial charge in [0.2, 0.25) is 0 Å². The molecular weight excluding hydrogens is 314 g/mol. The summed E-state index contributed by atoms with van der Waals surface area (Å²) in [6.07, 6.45) is 0.374. The highest BCUT2D eigenvalue weighted by Crippen LogP contribution is 2.59. The van der Waals surface area contributed by atoms with Gasteiger partial charge in [0.25, 0.3) is 0 Å². The minimum absolute atomic E-state index is 0.175. The Balaban J connectivity index is 1.87. The first-order chi connectivity index (χ1) is 12.1. The van der Waals surface area contributed by atoms with Crippen LogP contribution in [0.25, 0.3) is 0 Å². The molecule has 2 aliphatic rings. The van der Waals surface area contributed by atoms with E-state index in [1.54, 1.807) is 0 Å². The zero-order valence-corrected chi connectivity index (χ0v) is 14.4. The fraction of sp³-hybridized carbons (Fsp3) is 0.333. The number of rotatable bonds is 3. The predicted molar refractivity (Wildman–Crippen MR) is 94.1 cm³/mol. The highest BCUT2D eigenvalue weighted by atomic mass is 16.5. The van der Waals surface area contributed by atoms with Crippen LogP contribution in [0.3, 0.4) is 0 Å². The predicted octanol–water partition coefficient (Wildman–Crippen LogP) is 2.71. The molecular formula is C21H21NO3. The third kappa shape index (κ3) is 2.17. The molecule has 4 nitrogen and oxygen atoms in total. The Hall–Kier alpha value is -2.46. The number of ether oxygens (including phenoxy) is 1. The number of esters is 1. The van der Waals surface area contributed by atoms with Crippen molar-refractivity contribution in [3.8, 4) is 0 Å². The average Bonchev–Trinajstić information content (AvgIpc) is 2.91. The Morgan fingerprint density at radius 3 is 2.44 bits per heavy atom. The first-order valence-electron chi connectivity index (χ1n) is 8.57. The van der Waals surface area contributed by atoms with Gasteiger partial charge in [0.05, 0.1) is 7.11 Å². The normalized spacial score (nSPS) is 30.5. The molecule has 4 heteroatoms. The molecule has 1 N–H and O–H groups in total. The lowest BCUT2D eigenvalue weighted by atomic mass is 9.52. The number of carbonyl (C=O) groups is 2. The number of methoxy groups -OCH3 is 1. The molecule has 128 valence electrons. The molecule has 1 saturated heterocycles. The van der Waals surface area contributed by atoms with Gasteiger partial charge in [0.1, 0.15) is 11.8 Å². The zero-order chi connectivity index (χ0) is 17.6. The molecule has 4 atom stereocenters. The van der Waals surface area contributed by atoms with Crippen LogP contribution >= 0.6 is 0 Å². The van der Waals surface area contributed by atoms with E-state index in [-0.39, 0.29) is 23.7 Å². The van der Waals surface area contributed by atoms with Crippen molar-refractivity contribution in [2.45, 2.75) is 30.8 Å². The van der Waals surface area contributed by atoms with Crippen molar-refractivity contribution in [1.29, 1.82) is 0 Å². The Kier molecular flexibility index (Phi) is 3.73. The number of benzene rings is 2. The maximum atomic E-state index is 12.6. The van der Waals surface area contributed by atoms with Crippen LogP contribution in [0.1, 0.15) is 29.2 Å². The van der Waals surface area contributed by atoms with E-state index in [1.807, 2.05) is 61.5 Å². The quantitative estimate of drug-likeness (QED) is 0.876. The number of aryl methyl sites for hydroxylation is 1. The highest BCUT2D eigenvalue weighted by molar-refractivity contribution is 5.97. The van der Waals surface area contributed by atoms with Crippen LogP contribution in [0.4, 0.5) is 0 Å². The Labute approximate surface area is 147 Å². The maximum Gasteiger partial charge on any atom is 0.323 e. The minimum atomic E-state index is -0.532. The van der Waals surface area contributed by atoms with E-state index in [4.69, 9.17) is 4.74 Å². The van der Waals surface area contributed by atoms with Gasteiger partial charge in [-0.1, -0.05) is 54.6 Å². The third-order valence-corrected chi connectivity index (χ3v) is 5.81. The lowest BCUT2D eigenvalue weighted by molar-refractivity contribution is -0.148. The molecule has 0 radical (unpaired) electrons. The number of fused-ring (bicyclic) bond motifs is 1. The SMILES string of the molecule is COC(=O)[C@H]1N[C@@H](c2ccccc2)[C@H]2C(=O)C[C@@]12c1ccccc1C. The van der Waals surface area contributed by atoms with Crippen molar-refractivity contribution in [3.63, 3.8) is 0 Å². The molecule has 0 spiro atoms. The van der Waals surface area contributed by atoms with Gasteiger partial charge >= 0.3 is 5.97 Å². The standard InChI is InChI=1S/C21H21NO3/c1-13-8-6-7-11-15(13)21-12-16(23)17(21)18(14-9-4-3-5-10-14)22-19(21)20(24)25-2/h3-11,17-19,22H,12H2,1-2H3/t17-,18+,19-,21+/m1/s1. The van der Waals surface area contributed by atoms with Crippen LogP contribution in [0, 0.1) is 12.8 Å². The molecule has 0 unspecified atom stereocenters. The van der Waals surface area contributed by atoms with E-state index in [0.717, 1.165) is 16.7 Å². The lowest BCUT2D eigenvalue weighted by Gasteiger charge is -2.47. The summed E-state index contributed by atoms with van der Waals surface area (Å²) in [4.78, 5) is 25.2. The summed E-state index contributed by atoms with van der Waals surface area (Å²) in [6.45, 7) is 2.04. The van der Waals surface area contributed by atoms with Gasteiger partial charge in [-0.3, -0.25) is 14.9 Å². The lowest BCUT2D eigenvalue weighted by Crippen LogP contribution is -2.58. The van der Waals surface area contributed by atoms with Crippen LogP contribution in [0.2, 0.25) is 0 Å². The number of hydrogen-bond donors (Lipinski definition) is 1. The molecule has 1 aliphatic heterocycles. The second kappa shape index (κ2) is 5.81. The monoisotopic (exact) mass is 335 g/mol. The first kappa shape index (κ1) is 16.0. The van der Waals surface area contributed by atoms with Crippen LogP contribution in [0.15, 0.2) is 54.6 Å². The smallest absolute Gasteiger partial charge is 0.323 e. The molecule has 2 aromatic rings. The van der Waals surface area contributed by atoms with E-state index in [9.17, 15) is 9.59 Å². The number of Topliss-reactive ketones (excluding diaryl/α,β-unsaturated/α-hetero) is 1. The third-order valence-electron chi connectivity index (χ3n) is 5.81. The fourth-order valence-electron chi connectivity index (χ4n) is 4.71. The molecule has 0 aromatic heterocycles. The van der Waals surface area contributed by atoms with Crippen LogP contribution in [0.5, 0.6) is 0 Å². The molecule has 1 heterocycles. The van der Waals surface area contributed by atoms with Gasteiger partial charge in [0, 0.05) is 23.8 Å². The van der Waals surface area contributed by atoms with Crippen molar-refractivity contribution < 1.29 is 14.3 Å². The highest BCUT2D eigenvalue weighted by Gasteiger charge is 2.68. The van der Waals surface area contributed by atoms with Gasteiger partial charge < -0.3 is 4.74 Å². The van der Waals surface area contributed by atoms with Crippen molar-refractivity contribution in [3.05, 3.63) is 71.3 Å². The van der Waals surface area contributed by atoms with E-state index >= 15 is 0 Å². The van der Waals surface area contributed by atoms with Gasteiger partial charge in [0.15, 0.2) is 0 Å². The number of carbonyl (C=O) groups excluding carboxylic acids is 2. The van der Waals surface area contributed by atoms with Crippen molar-refractivity contribution in [2.75, 3.05) is 7.11 Å². The molecule has 25 heavy (non-hydrogen) atoms. The molecule has 4 rings (SSSR count). The summed E-state index contributed by atoms with van der Waals surface area (Å²) in [5.41, 5.74) is 2.67. The van der Waals surface area contributed by atoms with Gasteiger partial charge in [-0.25, -0.2) is 0 Å². The van der Waals surface area contributed by atoms with Crippen LogP contribution < -0.4 is 5.32 Å². The van der Waals surface area contributed by atoms with Crippen LogP contribution in [-0.4, -0.2) is 24.9 Å². The fourth-order valence-corrected chi connectivity index (χ4v) is 4.71. The summed E-state index contributed by atoms with van der Waals surface area (Å²) in [6, 6.07) is 17.2. The number of nitrogens with one attached hydrogen (secondary N) is 1. The summed E-state index contributed by atoms with van der Waals surface area (Å²) >= 11 is 0. The zero-order valence-electron chi connectivity index (χ0n) is 14.4. The largest absolute Gasteiger partial charge is 0.468 e. The Bertz CT molecular complexity index is 832. The second-order valence-electron chi connectivity index (χ2n) is 6.99. The molecule has 2 fully saturated rings. The Morgan fingerprint density at radius 2 is 1.80 bits per heavy atom.